The highest BCUT2D eigenvalue weighted by atomic mass is 16.5. The van der Waals surface area contributed by atoms with Gasteiger partial charge in [-0.15, -0.1) is 0 Å². The summed E-state index contributed by atoms with van der Waals surface area (Å²) in [6.45, 7) is 6.39. The average molecular weight is 266 g/mol. The van der Waals surface area contributed by atoms with Gasteiger partial charge in [-0.25, -0.2) is 4.79 Å². The van der Waals surface area contributed by atoms with Crippen LogP contribution >= 0.6 is 0 Å². The third-order valence-corrected chi connectivity index (χ3v) is 2.75. The van der Waals surface area contributed by atoms with Crippen molar-refractivity contribution in [3.63, 3.8) is 0 Å². The molecule has 106 valence electrons. The maximum atomic E-state index is 11.2. The Morgan fingerprint density at radius 2 is 2.05 bits per heavy atom. The van der Waals surface area contributed by atoms with Crippen molar-refractivity contribution in [2.24, 2.45) is 5.92 Å². The van der Waals surface area contributed by atoms with E-state index in [2.05, 4.69) is 0 Å². The number of hydrogen-bond donors (Lipinski definition) is 1. The van der Waals surface area contributed by atoms with Crippen molar-refractivity contribution in [1.29, 1.82) is 0 Å². The van der Waals surface area contributed by atoms with Crippen molar-refractivity contribution in [1.82, 2.24) is 0 Å². The van der Waals surface area contributed by atoms with E-state index in [4.69, 9.17) is 9.47 Å². The fraction of sp³-hybridized carbons (Fsp3) is 0.533. The maximum absolute atomic E-state index is 11.2. The van der Waals surface area contributed by atoms with Gasteiger partial charge in [-0.3, -0.25) is 0 Å². The number of carboxylic acid groups (broad SMARTS) is 1. The molecule has 1 N–H and O–H groups in total. The summed E-state index contributed by atoms with van der Waals surface area (Å²) < 4.78 is 10.7. The lowest BCUT2D eigenvalue weighted by Gasteiger charge is -2.17. The zero-order valence-electron chi connectivity index (χ0n) is 12.0. The van der Waals surface area contributed by atoms with E-state index in [9.17, 15) is 9.90 Å². The Hall–Kier alpha value is -1.55. The molecule has 0 heterocycles. The molecule has 1 atom stereocenters. The second-order valence-electron chi connectivity index (χ2n) is 5.07. The third-order valence-electron chi connectivity index (χ3n) is 2.75. The number of hydrogen-bond acceptors (Lipinski definition) is 3. The molecule has 0 aliphatic heterocycles. The summed E-state index contributed by atoms with van der Waals surface area (Å²) in [6.07, 6.45) is -0.523. The van der Waals surface area contributed by atoms with E-state index in [1.54, 1.807) is 7.11 Å². The Kier molecular flexibility index (Phi) is 5.83. The largest absolute Gasteiger partial charge is 0.496 e. The lowest BCUT2D eigenvalue weighted by molar-refractivity contribution is -0.150. The molecule has 0 saturated heterocycles. The average Bonchev–Trinajstić information content (AvgIpc) is 2.34. The highest BCUT2D eigenvalue weighted by Crippen LogP contribution is 2.22. The molecule has 1 aromatic rings. The number of methoxy groups -OCH3 is 1. The molecule has 4 nitrogen and oxygen atoms in total. The molecule has 0 spiro atoms. The fourth-order valence-electron chi connectivity index (χ4n) is 1.79. The smallest absolute Gasteiger partial charge is 0.333 e. The van der Waals surface area contributed by atoms with Crippen LogP contribution in [-0.4, -0.2) is 30.9 Å². The van der Waals surface area contributed by atoms with Crippen LogP contribution in [0.4, 0.5) is 0 Å². The standard InChI is InChI=1S/C15H22O4/c1-10(2)9-19-14(15(16)17)8-12-7-11(3)5-6-13(12)18-4/h5-7,10,14H,8-9H2,1-4H3,(H,16,17)/t14-/m1/s1. The van der Waals surface area contributed by atoms with E-state index >= 15 is 0 Å². The number of ether oxygens (including phenoxy) is 2. The van der Waals surface area contributed by atoms with Crippen LogP contribution in [0.3, 0.4) is 0 Å². The van der Waals surface area contributed by atoms with Crippen LogP contribution in [0.15, 0.2) is 18.2 Å². The fourth-order valence-corrected chi connectivity index (χ4v) is 1.79. The first-order valence-corrected chi connectivity index (χ1v) is 6.42. The van der Waals surface area contributed by atoms with Crippen molar-refractivity contribution in [3.8, 4) is 5.75 Å². The monoisotopic (exact) mass is 266 g/mol. The number of aliphatic carboxylic acids is 1. The van der Waals surface area contributed by atoms with Crippen LogP contribution in [0.2, 0.25) is 0 Å². The number of carbonyl (C=O) groups is 1. The Morgan fingerprint density at radius 1 is 1.37 bits per heavy atom. The molecule has 0 fully saturated rings. The topological polar surface area (TPSA) is 55.8 Å². The van der Waals surface area contributed by atoms with E-state index in [1.807, 2.05) is 39.0 Å². The molecule has 0 aliphatic carbocycles. The maximum Gasteiger partial charge on any atom is 0.333 e. The van der Waals surface area contributed by atoms with Gasteiger partial charge in [0, 0.05) is 6.42 Å². The third kappa shape index (κ3) is 4.91. The lowest BCUT2D eigenvalue weighted by Crippen LogP contribution is -2.28. The van der Waals surface area contributed by atoms with Crippen LogP contribution < -0.4 is 4.74 Å². The van der Waals surface area contributed by atoms with Gasteiger partial charge in [0.15, 0.2) is 6.10 Å². The van der Waals surface area contributed by atoms with Gasteiger partial charge < -0.3 is 14.6 Å². The molecule has 4 heteroatoms. The first-order chi connectivity index (χ1) is 8.93. The first kappa shape index (κ1) is 15.5. The van der Waals surface area contributed by atoms with Gasteiger partial charge in [-0.05, 0) is 24.5 Å². The minimum absolute atomic E-state index is 0.307. The molecule has 0 bridgehead atoms. The molecule has 0 aliphatic rings. The van der Waals surface area contributed by atoms with Crippen molar-refractivity contribution in [3.05, 3.63) is 29.3 Å². The Balaban J connectivity index is 2.83. The zero-order chi connectivity index (χ0) is 14.4. The van der Waals surface area contributed by atoms with Gasteiger partial charge in [0.2, 0.25) is 0 Å². The van der Waals surface area contributed by atoms with Gasteiger partial charge >= 0.3 is 5.97 Å². The SMILES string of the molecule is COc1ccc(C)cc1C[C@@H](OCC(C)C)C(=O)O. The number of benzene rings is 1. The normalized spacial score (nSPS) is 12.5. The molecule has 1 rings (SSSR count). The summed E-state index contributed by atoms with van der Waals surface area (Å²) in [4.78, 5) is 11.2. The van der Waals surface area contributed by atoms with Crippen molar-refractivity contribution in [2.45, 2.75) is 33.3 Å². The van der Waals surface area contributed by atoms with Gasteiger partial charge in [0.25, 0.3) is 0 Å². The summed E-state index contributed by atoms with van der Waals surface area (Å²) in [5.41, 5.74) is 1.93. The summed E-state index contributed by atoms with van der Waals surface area (Å²) in [5, 5.41) is 9.21. The van der Waals surface area contributed by atoms with Crippen LogP contribution in [0.5, 0.6) is 5.75 Å². The van der Waals surface area contributed by atoms with Gasteiger partial charge in [0.05, 0.1) is 13.7 Å². The zero-order valence-corrected chi connectivity index (χ0v) is 12.0. The van der Waals surface area contributed by atoms with E-state index < -0.39 is 12.1 Å². The molecule has 0 amide bonds. The van der Waals surface area contributed by atoms with Crippen molar-refractivity contribution in [2.75, 3.05) is 13.7 Å². The quantitative estimate of drug-likeness (QED) is 0.824. The molecule has 0 unspecified atom stereocenters. The Bertz CT molecular complexity index is 426. The molecular weight excluding hydrogens is 244 g/mol. The second kappa shape index (κ2) is 7.14. The highest BCUT2D eigenvalue weighted by Gasteiger charge is 2.21. The summed E-state index contributed by atoms with van der Waals surface area (Å²) >= 11 is 0. The van der Waals surface area contributed by atoms with Gasteiger partial charge in [-0.2, -0.15) is 0 Å². The van der Waals surface area contributed by atoms with E-state index in [0.717, 1.165) is 11.1 Å². The predicted molar refractivity (Wildman–Crippen MR) is 73.6 cm³/mol. The van der Waals surface area contributed by atoms with Crippen LogP contribution in [0.1, 0.15) is 25.0 Å². The lowest BCUT2D eigenvalue weighted by atomic mass is 10.0. The van der Waals surface area contributed by atoms with Gasteiger partial charge in [0.1, 0.15) is 5.75 Å². The van der Waals surface area contributed by atoms with Crippen molar-refractivity contribution >= 4 is 5.97 Å². The van der Waals surface area contributed by atoms with Crippen LogP contribution in [-0.2, 0) is 16.0 Å². The predicted octanol–water partition coefficient (Wildman–Crippen LogP) is 2.67. The first-order valence-electron chi connectivity index (χ1n) is 6.42. The summed E-state index contributed by atoms with van der Waals surface area (Å²) in [7, 11) is 1.58. The minimum Gasteiger partial charge on any atom is -0.496 e. The number of aryl methyl sites for hydroxylation is 1. The number of carboxylic acids is 1. The van der Waals surface area contributed by atoms with Crippen molar-refractivity contribution < 1.29 is 19.4 Å². The highest BCUT2D eigenvalue weighted by molar-refractivity contribution is 5.73. The minimum atomic E-state index is -0.941. The Morgan fingerprint density at radius 3 is 2.58 bits per heavy atom. The van der Waals surface area contributed by atoms with E-state index in [0.29, 0.717) is 24.7 Å². The van der Waals surface area contributed by atoms with Gasteiger partial charge in [-0.1, -0.05) is 31.5 Å². The van der Waals surface area contributed by atoms with E-state index in [-0.39, 0.29) is 0 Å². The van der Waals surface area contributed by atoms with E-state index in [1.165, 1.54) is 0 Å². The Labute approximate surface area is 114 Å². The summed E-state index contributed by atoms with van der Waals surface area (Å²) in [5.74, 6) is 0.0652. The van der Waals surface area contributed by atoms with Crippen LogP contribution in [0.25, 0.3) is 0 Å². The number of rotatable bonds is 7. The molecule has 0 saturated carbocycles. The molecular formula is C15H22O4. The van der Waals surface area contributed by atoms with Crippen LogP contribution in [0, 0.1) is 12.8 Å². The molecule has 0 radical (unpaired) electrons. The second-order valence-corrected chi connectivity index (χ2v) is 5.07. The molecule has 19 heavy (non-hydrogen) atoms. The molecule has 0 aromatic heterocycles. The molecule has 1 aromatic carbocycles. The summed E-state index contributed by atoms with van der Waals surface area (Å²) in [6, 6.07) is 5.73.